The van der Waals surface area contributed by atoms with E-state index in [1.54, 1.807) is 26.4 Å². The summed E-state index contributed by atoms with van der Waals surface area (Å²) < 4.78 is 102. The molecule has 0 spiro atoms. The van der Waals surface area contributed by atoms with E-state index in [9.17, 15) is 19.2 Å². The second-order valence-corrected chi connectivity index (χ2v) is 16.1. The Morgan fingerprint density at radius 2 is 0.881 bits per heavy atom. The lowest BCUT2D eigenvalue weighted by Crippen LogP contribution is -2.55. The number of amides is 4. The average molecular weight is 912 g/mol. The van der Waals surface area contributed by atoms with Crippen molar-refractivity contribution in [3.8, 4) is 56.3 Å². The molecule has 9 rings (SSSR count). The van der Waals surface area contributed by atoms with Crippen LogP contribution in [0.2, 0.25) is 0 Å². The van der Waals surface area contributed by atoms with Crippen molar-refractivity contribution in [1.29, 1.82) is 0 Å². The number of benzene rings is 6. The standard InChI is InChI=1S/C52H35F6N3O6/c1-28-5-7-31(8-6-28)42-23-34(30-11-9-29(10-12-30)33-15-22-44(66-3)45(25-33)67-4)24-43(59-42)32-13-18-37(19-14-32)61-48(64)39-21-17-36(27-41(39)49(61)65)50(51(53,54)55,52(56,57)58)35-16-20-38-40(26-35)47(63)60(2)46(38)62/h5-27H,1-4H3. The number of hydrogen-bond donors (Lipinski definition) is 0. The maximum absolute atomic E-state index is 15.2. The van der Waals surface area contributed by atoms with E-state index >= 15 is 26.3 Å². The number of rotatable bonds is 9. The largest absolute Gasteiger partial charge is 0.493 e. The lowest BCUT2D eigenvalue weighted by atomic mass is 9.71. The Labute approximate surface area is 378 Å². The first-order valence-corrected chi connectivity index (χ1v) is 20.5. The summed E-state index contributed by atoms with van der Waals surface area (Å²) in [5.74, 6) is -2.90. The first-order chi connectivity index (χ1) is 31.9. The number of pyridine rings is 1. The van der Waals surface area contributed by atoms with E-state index < -0.39 is 69.2 Å². The summed E-state index contributed by atoms with van der Waals surface area (Å²) in [6.07, 6.45) is -12.2. The van der Waals surface area contributed by atoms with Crippen molar-refractivity contribution in [2.75, 3.05) is 26.2 Å². The molecule has 2 aliphatic heterocycles. The van der Waals surface area contributed by atoms with Crippen LogP contribution in [0.15, 0.2) is 140 Å². The highest BCUT2D eigenvalue weighted by molar-refractivity contribution is 6.34. The molecule has 0 radical (unpaired) electrons. The summed E-state index contributed by atoms with van der Waals surface area (Å²) in [6, 6.07) is 34.6. The van der Waals surface area contributed by atoms with E-state index in [-0.39, 0.29) is 11.3 Å². The summed E-state index contributed by atoms with van der Waals surface area (Å²) in [4.78, 5) is 59.1. The smallest absolute Gasteiger partial charge is 0.411 e. The zero-order chi connectivity index (χ0) is 47.7. The number of methoxy groups -OCH3 is 2. The van der Waals surface area contributed by atoms with Crippen LogP contribution >= 0.6 is 0 Å². The van der Waals surface area contributed by atoms with Gasteiger partial charge in [-0.15, -0.1) is 0 Å². The van der Waals surface area contributed by atoms with E-state index in [4.69, 9.17) is 14.5 Å². The summed E-state index contributed by atoms with van der Waals surface area (Å²) in [5.41, 5.74) is -2.53. The van der Waals surface area contributed by atoms with Gasteiger partial charge in [-0.05, 0) is 101 Å². The van der Waals surface area contributed by atoms with E-state index in [0.717, 1.165) is 52.6 Å². The van der Waals surface area contributed by atoms with Gasteiger partial charge >= 0.3 is 12.4 Å². The Hall–Kier alpha value is -8.07. The molecule has 0 atom stereocenters. The normalized spacial score (nSPS) is 13.9. The Kier molecular flexibility index (Phi) is 10.6. The van der Waals surface area contributed by atoms with Crippen LogP contribution in [-0.2, 0) is 5.41 Å². The molecule has 0 fully saturated rings. The lowest BCUT2D eigenvalue weighted by Gasteiger charge is -2.38. The molecule has 0 N–H and O–H groups in total. The molecular weight excluding hydrogens is 877 g/mol. The lowest BCUT2D eigenvalue weighted by molar-refractivity contribution is -0.288. The number of imide groups is 2. The van der Waals surface area contributed by atoms with Crippen LogP contribution in [-0.4, -0.2) is 67.1 Å². The number of aryl methyl sites for hydroxylation is 1. The van der Waals surface area contributed by atoms with Crippen LogP contribution in [0.5, 0.6) is 11.5 Å². The molecule has 3 heterocycles. The van der Waals surface area contributed by atoms with Gasteiger partial charge in [0.1, 0.15) is 0 Å². The molecule has 6 aromatic carbocycles. The van der Waals surface area contributed by atoms with Crippen molar-refractivity contribution >= 4 is 29.3 Å². The molecule has 7 aromatic rings. The fourth-order valence-corrected chi connectivity index (χ4v) is 8.65. The molecule has 2 aliphatic rings. The highest BCUT2D eigenvalue weighted by Gasteiger charge is 2.73. The van der Waals surface area contributed by atoms with Crippen LogP contribution in [0, 0.1) is 6.92 Å². The highest BCUT2D eigenvalue weighted by atomic mass is 19.4. The van der Waals surface area contributed by atoms with Gasteiger partial charge in [-0.1, -0.05) is 84.4 Å². The third-order valence-electron chi connectivity index (χ3n) is 12.2. The van der Waals surface area contributed by atoms with Crippen molar-refractivity contribution < 1.29 is 55.0 Å². The van der Waals surface area contributed by atoms with Crippen LogP contribution < -0.4 is 14.4 Å². The molecule has 9 nitrogen and oxygen atoms in total. The Morgan fingerprint density at radius 3 is 1.40 bits per heavy atom. The first kappa shape index (κ1) is 44.1. The maximum Gasteiger partial charge on any atom is 0.411 e. The summed E-state index contributed by atoms with van der Waals surface area (Å²) >= 11 is 0. The third-order valence-corrected chi connectivity index (χ3v) is 12.2. The summed E-state index contributed by atoms with van der Waals surface area (Å²) in [5, 5.41) is 0. The second-order valence-electron chi connectivity index (χ2n) is 16.1. The molecule has 0 saturated carbocycles. The first-order valence-electron chi connectivity index (χ1n) is 20.5. The van der Waals surface area contributed by atoms with Crippen molar-refractivity contribution in [3.63, 3.8) is 0 Å². The highest BCUT2D eigenvalue weighted by Crippen LogP contribution is 2.57. The van der Waals surface area contributed by atoms with Crippen LogP contribution in [0.4, 0.5) is 32.0 Å². The second kappa shape index (κ2) is 16.1. The van der Waals surface area contributed by atoms with Crippen molar-refractivity contribution in [1.82, 2.24) is 9.88 Å². The van der Waals surface area contributed by atoms with Gasteiger partial charge in [0.05, 0.1) is 53.5 Å². The number of ether oxygens (including phenoxy) is 2. The van der Waals surface area contributed by atoms with E-state index in [1.807, 2.05) is 85.8 Å². The predicted octanol–water partition coefficient (Wildman–Crippen LogP) is 11.5. The number of alkyl halides is 6. The quantitative estimate of drug-likeness (QED) is 0.105. The van der Waals surface area contributed by atoms with Crippen LogP contribution in [0.1, 0.15) is 58.1 Å². The molecule has 4 amide bonds. The van der Waals surface area contributed by atoms with Crippen molar-refractivity contribution in [2.24, 2.45) is 0 Å². The third kappa shape index (κ3) is 7.17. The van der Waals surface area contributed by atoms with Gasteiger partial charge in [0.25, 0.3) is 23.6 Å². The minimum absolute atomic E-state index is 0.000918. The topological polar surface area (TPSA) is 106 Å². The Balaban J connectivity index is 1.06. The minimum Gasteiger partial charge on any atom is -0.493 e. The number of anilines is 1. The number of nitrogens with zero attached hydrogens (tertiary/aromatic N) is 3. The zero-order valence-electron chi connectivity index (χ0n) is 35.8. The fraction of sp³-hybridized carbons (Fsp3) is 0.135. The molecule has 336 valence electrons. The molecule has 1 aromatic heterocycles. The molecule has 67 heavy (non-hydrogen) atoms. The van der Waals surface area contributed by atoms with Gasteiger partial charge in [-0.25, -0.2) is 9.88 Å². The predicted molar refractivity (Wildman–Crippen MR) is 237 cm³/mol. The molecule has 0 bridgehead atoms. The van der Waals surface area contributed by atoms with Gasteiger partial charge in [0.2, 0.25) is 5.41 Å². The van der Waals surface area contributed by atoms with Gasteiger partial charge in [-0.3, -0.25) is 24.1 Å². The zero-order valence-corrected chi connectivity index (χ0v) is 35.8. The molecule has 15 heteroatoms. The number of aromatic nitrogens is 1. The van der Waals surface area contributed by atoms with Crippen molar-refractivity contribution in [3.05, 3.63) is 178 Å². The summed E-state index contributed by atoms with van der Waals surface area (Å²) in [7, 11) is 4.18. The monoisotopic (exact) mass is 911 g/mol. The van der Waals surface area contributed by atoms with Gasteiger partial charge < -0.3 is 9.47 Å². The minimum atomic E-state index is -6.09. The fourth-order valence-electron chi connectivity index (χ4n) is 8.65. The number of halogens is 6. The number of fused-ring (bicyclic) bond motifs is 2. The van der Waals surface area contributed by atoms with Gasteiger partial charge in [0.15, 0.2) is 11.5 Å². The Bertz CT molecular complexity index is 3170. The summed E-state index contributed by atoms with van der Waals surface area (Å²) in [6.45, 7) is 1.97. The molecule has 0 unspecified atom stereocenters. The van der Waals surface area contributed by atoms with E-state index in [0.29, 0.717) is 62.5 Å². The SMILES string of the molecule is COc1ccc(-c2ccc(-c3cc(-c4ccc(C)cc4)nc(-c4ccc(N5C(=O)c6ccc(C(c7ccc8c(c7)C(=O)N(C)C8=O)(C(F)(F)F)C(F)(F)F)cc6C5=O)cc4)c3)cc2)cc1OC. The van der Waals surface area contributed by atoms with E-state index in [1.165, 1.54) is 12.1 Å². The van der Waals surface area contributed by atoms with Crippen LogP contribution in [0.3, 0.4) is 0 Å². The number of carbonyl (C=O) groups is 4. The number of hydrogen-bond acceptors (Lipinski definition) is 7. The van der Waals surface area contributed by atoms with Gasteiger partial charge in [0, 0.05) is 18.2 Å². The van der Waals surface area contributed by atoms with Crippen molar-refractivity contribution in [2.45, 2.75) is 24.7 Å². The van der Waals surface area contributed by atoms with Gasteiger partial charge in [-0.2, -0.15) is 26.3 Å². The molecular formula is C52H35F6N3O6. The average Bonchev–Trinajstić information content (AvgIpc) is 3.69. The number of carbonyl (C=O) groups excluding carboxylic acids is 4. The molecule has 0 aliphatic carbocycles. The molecule has 0 saturated heterocycles. The maximum atomic E-state index is 15.2. The Morgan fingerprint density at radius 1 is 0.448 bits per heavy atom. The van der Waals surface area contributed by atoms with Crippen LogP contribution in [0.25, 0.3) is 44.8 Å². The van der Waals surface area contributed by atoms with E-state index in [2.05, 4.69) is 0 Å².